The van der Waals surface area contributed by atoms with Crippen LogP contribution in [0, 0.1) is 5.92 Å². The van der Waals surface area contributed by atoms with Crippen LogP contribution in [0.4, 0.5) is 0 Å². The summed E-state index contributed by atoms with van der Waals surface area (Å²) in [5.74, 6) is -0.701. The molecule has 25 heavy (non-hydrogen) atoms. The molecule has 0 unspecified atom stereocenters. The molecule has 2 N–H and O–H groups in total. The molecule has 9 heteroatoms. The van der Waals surface area contributed by atoms with Crippen LogP contribution in [0.1, 0.15) is 33.6 Å². The minimum atomic E-state index is -3.46. The van der Waals surface area contributed by atoms with Crippen LogP contribution in [0.15, 0.2) is 21.7 Å². The van der Waals surface area contributed by atoms with Crippen LogP contribution in [-0.2, 0) is 19.6 Å². The number of thiophene rings is 1. The fourth-order valence-corrected chi connectivity index (χ4v) is 5.28. The molecule has 1 fully saturated rings. The lowest BCUT2D eigenvalue weighted by atomic mass is 9.97. The molecule has 0 radical (unpaired) electrons. The summed E-state index contributed by atoms with van der Waals surface area (Å²) in [6.07, 6.45) is 0.911. The summed E-state index contributed by atoms with van der Waals surface area (Å²) in [5.41, 5.74) is -0.344. The van der Waals surface area contributed by atoms with Crippen LogP contribution in [0.2, 0.25) is 0 Å². The molecule has 0 bridgehead atoms. The van der Waals surface area contributed by atoms with E-state index in [1.165, 1.54) is 15.6 Å². The van der Waals surface area contributed by atoms with E-state index in [0.717, 1.165) is 0 Å². The maximum absolute atomic E-state index is 12.5. The number of rotatable bonds is 5. The number of piperidine rings is 1. The molecule has 7 nitrogen and oxygen atoms in total. The van der Waals surface area contributed by atoms with Crippen molar-refractivity contribution in [3.05, 3.63) is 17.5 Å². The van der Waals surface area contributed by atoms with Gasteiger partial charge in [0.05, 0.1) is 6.54 Å². The van der Waals surface area contributed by atoms with Crippen molar-refractivity contribution in [2.75, 3.05) is 19.6 Å². The van der Waals surface area contributed by atoms with E-state index in [0.29, 0.717) is 30.1 Å². The van der Waals surface area contributed by atoms with E-state index in [1.54, 1.807) is 17.5 Å². The zero-order valence-corrected chi connectivity index (χ0v) is 16.4. The van der Waals surface area contributed by atoms with Gasteiger partial charge in [-0.25, -0.2) is 8.42 Å². The Hall–Kier alpha value is -1.45. The second-order valence-corrected chi connectivity index (χ2v) is 10.2. The second-order valence-electron chi connectivity index (χ2n) is 7.13. The van der Waals surface area contributed by atoms with Crippen LogP contribution in [0.3, 0.4) is 0 Å². The summed E-state index contributed by atoms with van der Waals surface area (Å²) in [6, 6.07) is 3.30. The number of nitrogens with zero attached hydrogens (tertiary/aromatic N) is 1. The van der Waals surface area contributed by atoms with Gasteiger partial charge in [0.1, 0.15) is 4.21 Å². The molecule has 1 saturated heterocycles. The van der Waals surface area contributed by atoms with Gasteiger partial charge in [0.2, 0.25) is 11.8 Å². The third kappa shape index (κ3) is 5.52. The summed E-state index contributed by atoms with van der Waals surface area (Å²) in [4.78, 5) is 23.9. The second kappa shape index (κ2) is 7.84. The average molecular weight is 388 g/mol. The number of sulfonamides is 1. The van der Waals surface area contributed by atoms with Crippen molar-refractivity contribution in [3.63, 3.8) is 0 Å². The smallest absolute Gasteiger partial charge is 0.252 e. The van der Waals surface area contributed by atoms with Crippen molar-refractivity contribution < 1.29 is 18.0 Å². The Kier molecular flexibility index (Phi) is 6.23. The molecule has 2 amide bonds. The predicted molar refractivity (Wildman–Crippen MR) is 96.7 cm³/mol. The molecular weight excluding hydrogens is 362 g/mol. The van der Waals surface area contributed by atoms with E-state index in [2.05, 4.69) is 10.6 Å². The van der Waals surface area contributed by atoms with E-state index >= 15 is 0 Å². The molecule has 1 aliphatic rings. The zero-order chi connectivity index (χ0) is 18.7. The number of hydrogen-bond acceptors (Lipinski definition) is 5. The number of hydrogen-bond donors (Lipinski definition) is 2. The van der Waals surface area contributed by atoms with Crippen molar-refractivity contribution in [1.82, 2.24) is 14.9 Å². The summed E-state index contributed by atoms with van der Waals surface area (Å²) in [6.45, 7) is 6.17. The quantitative estimate of drug-likeness (QED) is 0.793. The minimum absolute atomic E-state index is 0.0657. The molecule has 140 valence electrons. The molecule has 0 aromatic carbocycles. The maximum Gasteiger partial charge on any atom is 0.252 e. The third-order valence-corrected chi connectivity index (χ3v) is 7.12. The van der Waals surface area contributed by atoms with Gasteiger partial charge in [0.25, 0.3) is 10.0 Å². The van der Waals surface area contributed by atoms with Gasteiger partial charge in [-0.1, -0.05) is 6.07 Å². The number of carbonyl (C=O) groups is 2. The van der Waals surface area contributed by atoms with Crippen molar-refractivity contribution in [2.24, 2.45) is 5.92 Å². The van der Waals surface area contributed by atoms with E-state index < -0.39 is 10.0 Å². The van der Waals surface area contributed by atoms with Crippen LogP contribution < -0.4 is 10.6 Å². The van der Waals surface area contributed by atoms with Crippen LogP contribution in [-0.4, -0.2) is 49.7 Å². The van der Waals surface area contributed by atoms with Crippen LogP contribution >= 0.6 is 11.3 Å². The summed E-state index contributed by atoms with van der Waals surface area (Å²) >= 11 is 1.19. The largest absolute Gasteiger partial charge is 0.350 e. The lowest BCUT2D eigenvalue weighted by molar-refractivity contribution is -0.129. The molecule has 0 aliphatic carbocycles. The summed E-state index contributed by atoms with van der Waals surface area (Å²) in [7, 11) is -3.46. The molecule has 2 heterocycles. The van der Waals surface area contributed by atoms with Gasteiger partial charge >= 0.3 is 0 Å². The van der Waals surface area contributed by atoms with Gasteiger partial charge < -0.3 is 10.6 Å². The summed E-state index contributed by atoms with van der Waals surface area (Å²) in [5, 5.41) is 7.15. The molecule has 1 aromatic heterocycles. The maximum atomic E-state index is 12.5. The highest BCUT2D eigenvalue weighted by atomic mass is 32.2. The first-order chi connectivity index (χ1) is 11.6. The highest BCUT2D eigenvalue weighted by Gasteiger charge is 2.32. The third-order valence-electron chi connectivity index (χ3n) is 3.85. The van der Waals surface area contributed by atoms with Crippen molar-refractivity contribution in [3.8, 4) is 0 Å². The Bertz CT molecular complexity index is 700. The molecule has 0 saturated carbocycles. The summed E-state index contributed by atoms with van der Waals surface area (Å²) < 4.78 is 26.7. The molecular formula is C16H25N3O4S2. The minimum Gasteiger partial charge on any atom is -0.350 e. The van der Waals surface area contributed by atoms with Crippen LogP contribution in [0.25, 0.3) is 0 Å². The van der Waals surface area contributed by atoms with Gasteiger partial charge in [-0.05, 0) is 45.1 Å². The Labute approximate surface area is 152 Å². The predicted octanol–water partition coefficient (Wildman–Crippen LogP) is 1.18. The molecule has 2 rings (SSSR count). The van der Waals surface area contributed by atoms with Gasteiger partial charge in [-0.15, -0.1) is 11.3 Å². The van der Waals surface area contributed by atoms with Crippen LogP contribution in [0.5, 0.6) is 0 Å². The van der Waals surface area contributed by atoms with Gasteiger partial charge in [0.15, 0.2) is 0 Å². The van der Waals surface area contributed by atoms with Crippen molar-refractivity contribution >= 4 is 33.2 Å². The number of amides is 2. The first-order valence-corrected chi connectivity index (χ1v) is 10.5. The fraction of sp³-hybridized carbons (Fsp3) is 0.625. The average Bonchev–Trinajstić information content (AvgIpc) is 3.06. The van der Waals surface area contributed by atoms with Gasteiger partial charge in [-0.2, -0.15) is 4.31 Å². The van der Waals surface area contributed by atoms with Crippen molar-refractivity contribution in [1.29, 1.82) is 0 Å². The normalized spacial score (nSPS) is 17.2. The Balaban J connectivity index is 1.82. The number of carbonyl (C=O) groups excluding carboxylic acids is 2. The van der Waals surface area contributed by atoms with E-state index in [-0.39, 0.29) is 29.8 Å². The Morgan fingerprint density at radius 2 is 1.92 bits per heavy atom. The van der Waals surface area contributed by atoms with E-state index in [4.69, 9.17) is 0 Å². The van der Waals surface area contributed by atoms with Crippen molar-refractivity contribution in [2.45, 2.75) is 43.4 Å². The zero-order valence-electron chi connectivity index (χ0n) is 14.7. The molecule has 1 aliphatic heterocycles. The van der Waals surface area contributed by atoms with E-state index in [1.807, 2.05) is 20.8 Å². The lowest BCUT2D eigenvalue weighted by Gasteiger charge is -2.30. The first-order valence-electron chi connectivity index (χ1n) is 8.22. The highest BCUT2D eigenvalue weighted by molar-refractivity contribution is 7.91. The fourth-order valence-electron chi connectivity index (χ4n) is 2.67. The highest BCUT2D eigenvalue weighted by Crippen LogP contribution is 2.26. The Morgan fingerprint density at radius 3 is 2.44 bits per heavy atom. The first kappa shape index (κ1) is 19.9. The SMILES string of the molecule is CC(C)(C)NC(=O)CNC(=O)C1CCN(S(=O)(=O)c2cccs2)CC1. The standard InChI is InChI=1S/C16H25N3O4S2/c1-16(2,3)18-13(20)11-17-15(21)12-6-8-19(9-7-12)25(22,23)14-5-4-10-24-14/h4-5,10,12H,6-9,11H2,1-3H3,(H,17,21)(H,18,20). The van der Waals surface area contributed by atoms with E-state index in [9.17, 15) is 18.0 Å². The molecule has 1 aromatic rings. The van der Waals surface area contributed by atoms with Gasteiger partial charge in [0, 0.05) is 24.5 Å². The molecule has 0 atom stereocenters. The monoisotopic (exact) mass is 387 g/mol. The molecule has 0 spiro atoms. The number of nitrogens with one attached hydrogen (secondary N) is 2. The Morgan fingerprint density at radius 1 is 1.28 bits per heavy atom. The lowest BCUT2D eigenvalue weighted by Crippen LogP contribution is -2.48. The van der Waals surface area contributed by atoms with Gasteiger partial charge in [-0.3, -0.25) is 9.59 Å². The topological polar surface area (TPSA) is 95.6 Å².